The molecule has 0 bridgehead atoms. The number of aromatic amines is 1. The molecule has 2 saturated heterocycles. The molecule has 2 N–H and O–H groups in total. The highest BCUT2D eigenvalue weighted by molar-refractivity contribution is 7.99. The SMILES string of the molecule is CC1(C)CCC(CN2CCN(c3ccc(C(=O)c4ccc(NCC5CCSCC5)c([N+](=O)[O-])c4)c(Oc4cnc5[nH]ccc5c4)c3)CC2)=C(c2ccc(Cl)cc2)C1. The van der Waals surface area contributed by atoms with Crippen molar-refractivity contribution >= 4 is 62.8 Å². The van der Waals surface area contributed by atoms with Gasteiger partial charge >= 0.3 is 0 Å². The molecule has 12 heteroatoms. The summed E-state index contributed by atoms with van der Waals surface area (Å²) in [6, 6.07) is 22.5. The molecule has 4 heterocycles. The van der Waals surface area contributed by atoms with Gasteiger partial charge in [-0.2, -0.15) is 11.8 Å². The Hall–Kier alpha value is -4.84. The number of aromatic nitrogens is 2. The van der Waals surface area contributed by atoms with Crippen LogP contribution in [0.5, 0.6) is 11.5 Å². The Morgan fingerprint density at radius 2 is 1.82 bits per heavy atom. The minimum atomic E-state index is -0.419. The number of thioether (sulfide) groups is 1. The molecule has 3 aliphatic rings. The number of nitrogens with zero attached hydrogens (tertiary/aromatic N) is 4. The van der Waals surface area contributed by atoms with Gasteiger partial charge in [-0.15, -0.1) is 0 Å². The number of nitro benzene ring substituents is 1. The second-order valence-corrected chi connectivity index (χ2v) is 18.0. The van der Waals surface area contributed by atoms with Gasteiger partial charge in [-0.25, -0.2) is 4.98 Å². The molecule has 0 amide bonds. The van der Waals surface area contributed by atoms with Crippen molar-refractivity contribution in [3.05, 3.63) is 123 Å². The number of hydrogen-bond acceptors (Lipinski definition) is 9. The average molecular weight is 805 g/mol. The molecular formula is C45H49ClN6O4S. The summed E-state index contributed by atoms with van der Waals surface area (Å²) in [5, 5.41) is 17.2. The summed E-state index contributed by atoms with van der Waals surface area (Å²) in [5.41, 5.74) is 7.05. The topological polar surface area (TPSA) is 117 Å². The molecule has 0 unspecified atom stereocenters. The van der Waals surface area contributed by atoms with Gasteiger partial charge in [0.2, 0.25) is 0 Å². The number of halogens is 1. The number of fused-ring (bicyclic) bond motifs is 1. The molecule has 296 valence electrons. The van der Waals surface area contributed by atoms with Crippen molar-refractivity contribution in [1.29, 1.82) is 0 Å². The van der Waals surface area contributed by atoms with E-state index in [1.165, 1.54) is 29.2 Å². The number of carbonyl (C=O) groups excluding carboxylic acids is 1. The molecule has 5 aromatic rings. The third-order valence-corrected chi connectivity index (χ3v) is 13.0. The molecular weight excluding hydrogens is 756 g/mol. The number of nitrogens with one attached hydrogen (secondary N) is 2. The van der Waals surface area contributed by atoms with Crippen molar-refractivity contribution in [2.75, 3.05) is 61.0 Å². The van der Waals surface area contributed by atoms with E-state index in [4.69, 9.17) is 16.3 Å². The van der Waals surface area contributed by atoms with Crippen LogP contribution in [0.4, 0.5) is 17.1 Å². The Bertz CT molecular complexity index is 2290. The fraction of sp³-hybridized carbons (Fsp3) is 0.378. The van der Waals surface area contributed by atoms with Crippen molar-refractivity contribution < 1.29 is 14.5 Å². The minimum absolute atomic E-state index is 0.113. The number of allylic oxidation sites excluding steroid dienone is 1. The van der Waals surface area contributed by atoms with Crippen LogP contribution in [0.15, 0.2) is 90.8 Å². The van der Waals surface area contributed by atoms with E-state index in [2.05, 4.69) is 51.1 Å². The monoisotopic (exact) mass is 804 g/mol. The zero-order valence-corrected chi connectivity index (χ0v) is 34.1. The van der Waals surface area contributed by atoms with Crippen LogP contribution in [0.3, 0.4) is 0 Å². The van der Waals surface area contributed by atoms with E-state index in [1.807, 2.05) is 54.4 Å². The van der Waals surface area contributed by atoms with Gasteiger partial charge in [-0.1, -0.05) is 43.2 Å². The molecule has 1 aliphatic carbocycles. The number of hydrogen-bond donors (Lipinski definition) is 2. The summed E-state index contributed by atoms with van der Waals surface area (Å²) in [6.45, 7) is 9.77. The number of rotatable bonds is 12. The van der Waals surface area contributed by atoms with E-state index in [0.29, 0.717) is 35.2 Å². The van der Waals surface area contributed by atoms with Gasteiger partial charge in [0.05, 0.1) is 16.7 Å². The Balaban J connectivity index is 1.02. The fourth-order valence-corrected chi connectivity index (χ4v) is 9.64. The summed E-state index contributed by atoms with van der Waals surface area (Å²) in [6.07, 6.45) is 8.95. The number of ketones is 1. The van der Waals surface area contributed by atoms with Gasteiger partial charge in [0.1, 0.15) is 22.8 Å². The van der Waals surface area contributed by atoms with E-state index in [9.17, 15) is 14.9 Å². The van der Waals surface area contributed by atoms with Crippen LogP contribution in [0, 0.1) is 21.4 Å². The zero-order valence-electron chi connectivity index (χ0n) is 32.6. The Morgan fingerprint density at radius 1 is 1.04 bits per heavy atom. The van der Waals surface area contributed by atoms with Crippen LogP contribution in [-0.2, 0) is 0 Å². The largest absolute Gasteiger partial charge is 0.455 e. The van der Waals surface area contributed by atoms with E-state index in [-0.39, 0.29) is 22.4 Å². The number of pyridine rings is 1. The summed E-state index contributed by atoms with van der Waals surface area (Å²) < 4.78 is 6.47. The zero-order chi connectivity index (χ0) is 39.5. The van der Waals surface area contributed by atoms with E-state index >= 15 is 0 Å². The number of ether oxygens (including phenoxy) is 1. The van der Waals surface area contributed by atoms with Crippen molar-refractivity contribution in [2.45, 2.75) is 46.0 Å². The summed E-state index contributed by atoms with van der Waals surface area (Å²) in [7, 11) is 0. The van der Waals surface area contributed by atoms with Gasteiger partial charge < -0.3 is 19.9 Å². The van der Waals surface area contributed by atoms with Crippen LogP contribution in [-0.4, -0.2) is 76.3 Å². The predicted octanol–water partition coefficient (Wildman–Crippen LogP) is 10.5. The second-order valence-electron chi connectivity index (χ2n) is 16.3. The first-order chi connectivity index (χ1) is 27.6. The third-order valence-electron chi connectivity index (χ3n) is 11.7. The summed E-state index contributed by atoms with van der Waals surface area (Å²) >= 11 is 8.20. The van der Waals surface area contributed by atoms with Crippen LogP contribution < -0.4 is 15.0 Å². The van der Waals surface area contributed by atoms with Crippen molar-refractivity contribution in [3.8, 4) is 11.5 Å². The molecule has 0 saturated carbocycles. The second kappa shape index (κ2) is 16.9. The summed E-state index contributed by atoms with van der Waals surface area (Å²) in [5.74, 6) is 3.21. The van der Waals surface area contributed by atoms with E-state index in [1.54, 1.807) is 24.4 Å². The highest BCUT2D eigenvalue weighted by Crippen LogP contribution is 2.43. The van der Waals surface area contributed by atoms with Gasteiger partial charge in [0.15, 0.2) is 5.78 Å². The number of H-pyrrole nitrogens is 1. The lowest BCUT2D eigenvalue weighted by molar-refractivity contribution is -0.384. The van der Waals surface area contributed by atoms with E-state index < -0.39 is 4.92 Å². The normalized spacial score (nSPS) is 17.8. The molecule has 2 fully saturated rings. The molecule has 2 aromatic heterocycles. The maximum absolute atomic E-state index is 14.2. The maximum atomic E-state index is 14.2. The molecule has 2 aliphatic heterocycles. The highest BCUT2D eigenvalue weighted by atomic mass is 35.5. The lowest BCUT2D eigenvalue weighted by atomic mass is 9.72. The first kappa shape index (κ1) is 39.0. The quantitative estimate of drug-likeness (QED) is 0.0722. The lowest BCUT2D eigenvalue weighted by Gasteiger charge is -2.39. The van der Waals surface area contributed by atoms with Crippen LogP contribution in [0.25, 0.3) is 16.6 Å². The molecule has 10 nitrogen and oxygen atoms in total. The van der Waals surface area contributed by atoms with Crippen LogP contribution in [0.1, 0.15) is 67.4 Å². The fourth-order valence-electron chi connectivity index (χ4n) is 8.31. The Labute approximate surface area is 343 Å². The Morgan fingerprint density at radius 3 is 2.60 bits per heavy atom. The van der Waals surface area contributed by atoms with Gasteiger partial charge in [0.25, 0.3) is 5.69 Å². The standard InChI is InChI=1S/C45H49ClN6O4S/c1-45(2)15-11-34(39(26-45)31-3-6-35(46)7-4-31)29-50-17-19-51(20-18-50)36-8-9-38(42(25-36)56-37-23-33-12-16-47-44(33)49-28-37)43(53)32-5-10-40(41(24-32)52(54)55)48-27-30-13-21-57-22-14-30/h3-10,12,16,23-25,28,30,48H,11,13-15,17-22,26-27,29H2,1-2H3,(H,47,49). The molecule has 3 aromatic carbocycles. The highest BCUT2D eigenvalue weighted by Gasteiger charge is 2.30. The number of benzene rings is 3. The van der Waals surface area contributed by atoms with Crippen molar-refractivity contribution in [3.63, 3.8) is 0 Å². The third kappa shape index (κ3) is 9.16. The molecule has 8 rings (SSSR count). The Kier molecular flexibility index (Phi) is 11.6. The average Bonchev–Trinajstić information content (AvgIpc) is 3.69. The summed E-state index contributed by atoms with van der Waals surface area (Å²) in [4.78, 5) is 38.6. The molecule has 0 spiro atoms. The maximum Gasteiger partial charge on any atom is 0.293 e. The predicted molar refractivity (Wildman–Crippen MR) is 232 cm³/mol. The number of nitro groups is 1. The van der Waals surface area contributed by atoms with E-state index in [0.717, 1.165) is 91.7 Å². The lowest BCUT2D eigenvalue weighted by Crippen LogP contribution is -2.47. The van der Waals surface area contributed by atoms with Gasteiger partial charge in [-0.05, 0) is 115 Å². The first-order valence-electron chi connectivity index (χ1n) is 19.9. The number of anilines is 2. The molecule has 0 atom stereocenters. The van der Waals surface area contributed by atoms with Crippen molar-refractivity contribution in [1.82, 2.24) is 14.9 Å². The van der Waals surface area contributed by atoms with Gasteiger partial charge in [0, 0.05) is 79.3 Å². The molecule has 0 radical (unpaired) electrons. The van der Waals surface area contributed by atoms with Crippen LogP contribution in [0.2, 0.25) is 5.02 Å². The number of carbonyl (C=O) groups is 1. The number of piperazine rings is 1. The molecule has 57 heavy (non-hydrogen) atoms. The van der Waals surface area contributed by atoms with Crippen LogP contribution >= 0.6 is 23.4 Å². The van der Waals surface area contributed by atoms with Crippen molar-refractivity contribution in [2.24, 2.45) is 11.3 Å². The first-order valence-corrected chi connectivity index (χ1v) is 21.5. The smallest absolute Gasteiger partial charge is 0.293 e. The minimum Gasteiger partial charge on any atom is -0.455 e. The van der Waals surface area contributed by atoms with Gasteiger partial charge in [-0.3, -0.25) is 19.8 Å².